The van der Waals surface area contributed by atoms with Crippen LogP contribution in [0.15, 0.2) is 0 Å². The van der Waals surface area contributed by atoms with E-state index in [0.29, 0.717) is 25.1 Å². The molecular formula is C20H36N6O8S. The van der Waals surface area contributed by atoms with E-state index in [-0.39, 0.29) is 25.7 Å². The topological polar surface area (TPSA) is 257 Å². The highest BCUT2D eigenvalue weighted by molar-refractivity contribution is 7.98. The second-order valence-electron chi connectivity index (χ2n) is 7.80. The maximum absolute atomic E-state index is 12.9. The van der Waals surface area contributed by atoms with Gasteiger partial charge < -0.3 is 43.4 Å². The third kappa shape index (κ3) is 14.2. The van der Waals surface area contributed by atoms with Crippen LogP contribution in [0.5, 0.6) is 0 Å². The van der Waals surface area contributed by atoms with Crippen LogP contribution in [0.25, 0.3) is 0 Å². The SMILES string of the molecule is CSCCC(NC(=O)C(CC(N)=O)NC(=O)C(CCCCN)NC(=O)C(N)CCC(=O)O)C(=O)O. The summed E-state index contributed by atoms with van der Waals surface area (Å²) in [5.74, 6) is -5.39. The zero-order valence-electron chi connectivity index (χ0n) is 19.7. The third-order valence-electron chi connectivity index (χ3n) is 4.85. The second-order valence-corrected chi connectivity index (χ2v) is 8.78. The van der Waals surface area contributed by atoms with Gasteiger partial charge >= 0.3 is 11.9 Å². The van der Waals surface area contributed by atoms with Gasteiger partial charge in [-0.3, -0.25) is 24.0 Å². The average molecular weight is 521 g/mol. The lowest BCUT2D eigenvalue weighted by Crippen LogP contribution is -2.57. The molecule has 4 unspecified atom stereocenters. The third-order valence-corrected chi connectivity index (χ3v) is 5.49. The molecule has 0 aliphatic heterocycles. The van der Waals surface area contributed by atoms with Gasteiger partial charge in [0.1, 0.15) is 18.1 Å². The Kier molecular flexibility index (Phi) is 16.1. The minimum atomic E-state index is -1.48. The van der Waals surface area contributed by atoms with E-state index in [1.165, 1.54) is 11.8 Å². The Balaban J connectivity index is 5.47. The first-order chi connectivity index (χ1) is 16.4. The van der Waals surface area contributed by atoms with Gasteiger partial charge in [-0.15, -0.1) is 0 Å². The lowest BCUT2D eigenvalue weighted by molar-refractivity contribution is -0.142. The number of hydrogen-bond donors (Lipinski definition) is 8. The first-order valence-electron chi connectivity index (χ1n) is 11.0. The molecular weight excluding hydrogens is 484 g/mol. The predicted octanol–water partition coefficient (Wildman–Crippen LogP) is -2.52. The maximum atomic E-state index is 12.9. The molecule has 0 aromatic rings. The van der Waals surface area contributed by atoms with Crippen LogP contribution in [-0.2, 0) is 28.8 Å². The fourth-order valence-corrected chi connectivity index (χ4v) is 3.37. The number of aliphatic carboxylic acids is 2. The summed E-state index contributed by atoms with van der Waals surface area (Å²) < 4.78 is 0. The molecule has 0 aromatic carbocycles. The van der Waals surface area contributed by atoms with E-state index in [0.717, 1.165) is 0 Å². The Hall–Kier alpha value is -2.91. The summed E-state index contributed by atoms with van der Waals surface area (Å²) in [5, 5.41) is 25.1. The summed E-state index contributed by atoms with van der Waals surface area (Å²) in [4.78, 5) is 71.6. The van der Waals surface area contributed by atoms with Crippen molar-refractivity contribution in [2.24, 2.45) is 17.2 Å². The van der Waals surface area contributed by atoms with Crippen LogP contribution in [0.2, 0.25) is 0 Å². The molecule has 11 N–H and O–H groups in total. The molecule has 14 nitrogen and oxygen atoms in total. The molecule has 0 spiro atoms. The smallest absolute Gasteiger partial charge is 0.326 e. The number of carbonyl (C=O) groups excluding carboxylic acids is 4. The van der Waals surface area contributed by atoms with E-state index in [4.69, 9.17) is 22.3 Å². The summed E-state index contributed by atoms with van der Waals surface area (Å²) in [6.07, 6.45) is 1.87. The molecule has 0 aromatic heterocycles. The van der Waals surface area contributed by atoms with Crippen molar-refractivity contribution < 1.29 is 39.0 Å². The Bertz CT molecular complexity index is 753. The van der Waals surface area contributed by atoms with E-state index in [2.05, 4.69) is 16.0 Å². The van der Waals surface area contributed by atoms with Crippen molar-refractivity contribution in [3.05, 3.63) is 0 Å². The van der Waals surface area contributed by atoms with Gasteiger partial charge in [-0.05, 0) is 50.7 Å². The molecule has 4 atom stereocenters. The molecule has 15 heteroatoms. The number of carbonyl (C=O) groups is 6. The van der Waals surface area contributed by atoms with Gasteiger partial charge in [-0.25, -0.2) is 4.79 Å². The fourth-order valence-electron chi connectivity index (χ4n) is 2.90. The van der Waals surface area contributed by atoms with Gasteiger partial charge in [0.25, 0.3) is 0 Å². The molecule has 0 fully saturated rings. The molecule has 200 valence electrons. The average Bonchev–Trinajstić information content (AvgIpc) is 2.78. The van der Waals surface area contributed by atoms with Crippen LogP contribution < -0.4 is 33.2 Å². The number of amides is 4. The predicted molar refractivity (Wildman–Crippen MR) is 128 cm³/mol. The Morgan fingerprint density at radius 1 is 0.829 bits per heavy atom. The van der Waals surface area contributed by atoms with Crippen LogP contribution in [0.4, 0.5) is 0 Å². The number of primary amides is 1. The van der Waals surface area contributed by atoms with E-state index in [9.17, 15) is 33.9 Å². The number of carboxylic acids is 2. The monoisotopic (exact) mass is 520 g/mol. The van der Waals surface area contributed by atoms with E-state index >= 15 is 0 Å². The standard InChI is InChI=1S/C20H36N6O8S/c1-35-9-7-13(20(33)34)25-19(32)14(10-15(23)27)26-18(31)12(4-2-3-8-21)24-17(30)11(22)5-6-16(28)29/h11-14H,2-10,21-22H2,1H3,(H2,23,27)(H,24,30)(H,25,32)(H,26,31)(H,28,29)(H,33,34). The molecule has 0 aliphatic carbocycles. The van der Waals surface area contributed by atoms with E-state index < -0.39 is 66.2 Å². The number of nitrogens with two attached hydrogens (primary N) is 3. The van der Waals surface area contributed by atoms with Crippen LogP contribution in [0.1, 0.15) is 44.9 Å². The van der Waals surface area contributed by atoms with Crippen molar-refractivity contribution in [2.45, 2.75) is 69.1 Å². The van der Waals surface area contributed by atoms with E-state index in [1.54, 1.807) is 6.26 Å². The highest BCUT2D eigenvalue weighted by atomic mass is 32.2. The number of thioether (sulfide) groups is 1. The summed E-state index contributed by atoms with van der Waals surface area (Å²) in [7, 11) is 0. The van der Waals surface area contributed by atoms with Crippen molar-refractivity contribution in [3.63, 3.8) is 0 Å². The Labute approximate surface area is 207 Å². The molecule has 0 bridgehead atoms. The number of rotatable bonds is 19. The fraction of sp³-hybridized carbons (Fsp3) is 0.700. The van der Waals surface area contributed by atoms with Gasteiger partial charge in [0.05, 0.1) is 12.5 Å². The van der Waals surface area contributed by atoms with Crippen molar-refractivity contribution in [1.29, 1.82) is 0 Å². The molecule has 35 heavy (non-hydrogen) atoms. The van der Waals surface area contributed by atoms with Gasteiger partial charge in [0.15, 0.2) is 0 Å². The van der Waals surface area contributed by atoms with Crippen molar-refractivity contribution in [2.75, 3.05) is 18.6 Å². The normalized spacial score (nSPS) is 14.1. The highest BCUT2D eigenvalue weighted by Gasteiger charge is 2.31. The first-order valence-corrected chi connectivity index (χ1v) is 12.4. The van der Waals surface area contributed by atoms with Crippen molar-refractivity contribution in [1.82, 2.24) is 16.0 Å². The zero-order valence-corrected chi connectivity index (χ0v) is 20.5. The molecule has 4 amide bonds. The zero-order chi connectivity index (χ0) is 27.0. The van der Waals surface area contributed by atoms with Gasteiger partial charge in [-0.1, -0.05) is 0 Å². The quantitative estimate of drug-likeness (QED) is 0.0824. The summed E-state index contributed by atoms with van der Waals surface area (Å²) >= 11 is 1.38. The number of unbranched alkanes of at least 4 members (excludes halogenated alkanes) is 1. The Morgan fingerprint density at radius 3 is 1.91 bits per heavy atom. The highest BCUT2D eigenvalue weighted by Crippen LogP contribution is 2.06. The molecule has 0 saturated heterocycles. The van der Waals surface area contributed by atoms with Gasteiger partial charge in [0.2, 0.25) is 23.6 Å². The molecule has 0 heterocycles. The largest absolute Gasteiger partial charge is 0.481 e. The number of hydrogen-bond acceptors (Lipinski definition) is 9. The van der Waals surface area contributed by atoms with Crippen molar-refractivity contribution in [3.8, 4) is 0 Å². The van der Waals surface area contributed by atoms with Crippen LogP contribution in [-0.4, -0.2) is 88.5 Å². The molecule has 0 rings (SSSR count). The summed E-state index contributed by atoms with van der Waals surface area (Å²) in [6, 6.07) is -5.08. The summed E-state index contributed by atoms with van der Waals surface area (Å²) in [5.41, 5.74) is 16.4. The van der Waals surface area contributed by atoms with Crippen LogP contribution in [0.3, 0.4) is 0 Å². The molecule has 0 aliphatic rings. The number of carboxylic acid groups (broad SMARTS) is 2. The minimum Gasteiger partial charge on any atom is -0.481 e. The van der Waals surface area contributed by atoms with E-state index in [1.807, 2.05) is 0 Å². The van der Waals surface area contributed by atoms with Crippen LogP contribution in [0, 0.1) is 0 Å². The maximum Gasteiger partial charge on any atom is 0.326 e. The first kappa shape index (κ1) is 32.1. The summed E-state index contributed by atoms with van der Waals surface area (Å²) in [6.45, 7) is 0.333. The van der Waals surface area contributed by atoms with Crippen LogP contribution >= 0.6 is 11.8 Å². The number of nitrogens with one attached hydrogen (secondary N) is 3. The Morgan fingerprint density at radius 2 is 1.40 bits per heavy atom. The second kappa shape index (κ2) is 17.5. The minimum absolute atomic E-state index is 0.117. The van der Waals surface area contributed by atoms with Gasteiger partial charge in [0, 0.05) is 6.42 Å². The molecule has 0 saturated carbocycles. The molecule has 0 radical (unpaired) electrons. The van der Waals surface area contributed by atoms with Crippen molar-refractivity contribution >= 4 is 47.3 Å². The van der Waals surface area contributed by atoms with Gasteiger partial charge in [-0.2, -0.15) is 11.8 Å². The lowest BCUT2D eigenvalue weighted by Gasteiger charge is -2.24. The lowest BCUT2D eigenvalue weighted by atomic mass is 10.1.